The minimum absolute atomic E-state index is 0.725. The zero-order chi connectivity index (χ0) is 12.9. The first-order valence-corrected chi connectivity index (χ1v) is 8.12. The number of aryl methyl sites for hydroxylation is 2. The molecule has 0 aromatic heterocycles. The lowest BCUT2D eigenvalue weighted by Gasteiger charge is -2.26. The molecule has 0 saturated carbocycles. The number of hydrogen-bond acceptors (Lipinski definition) is 2. The van der Waals surface area contributed by atoms with E-state index in [4.69, 9.17) is 4.74 Å². The lowest BCUT2D eigenvalue weighted by atomic mass is 10.2. The van der Waals surface area contributed by atoms with Gasteiger partial charge in [0.1, 0.15) is 18.6 Å². The monoisotopic (exact) mass is 258 g/mol. The Morgan fingerprint density at radius 2 is 1.33 bits per heavy atom. The van der Waals surface area contributed by atoms with Crippen LogP contribution in [0.2, 0.25) is 0 Å². The highest BCUT2D eigenvalue weighted by Crippen LogP contribution is 2.49. The molecular weight excluding hydrogens is 243 g/mol. The van der Waals surface area contributed by atoms with Crippen molar-refractivity contribution in [3.05, 3.63) is 47.5 Å². The van der Waals surface area contributed by atoms with E-state index in [-0.39, 0.29) is 0 Å². The van der Waals surface area contributed by atoms with Gasteiger partial charge in [0.05, 0.1) is 10.6 Å². The summed E-state index contributed by atoms with van der Waals surface area (Å²) in [6, 6.07) is 11.7. The first kappa shape index (κ1) is 11.6. The van der Waals surface area contributed by atoms with E-state index < -0.39 is 7.14 Å². The highest BCUT2D eigenvalue weighted by Gasteiger charge is 2.33. The topological polar surface area (TPSA) is 26.3 Å². The Hall–Kier alpha value is -1.53. The molecule has 2 aromatic carbocycles. The fourth-order valence-corrected chi connectivity index (χ4v) is 4.58. The molecule has 1 aliphatic rings. The van der Waals surface area contributed by atoms with Gasteiger partial charge in [-0.3, -0.25) is 0 Å². The second-order valence-corrected chi connectivity index (χ2v) is 7.78. The Bertz CT molecular complexity index is 633. The summed E-state index contributed by atoms with van der Waals surface area (Å²) in [4.78, 5) is 0. The van der Waals surface area contributed by atoms with Gasteiger partial charge in [0.25, 0.3) is 0 Å². The van der Waals surface area contributed by atoms with Crippen molar-refractivity contribution in [2.24, 2.45) is 0 Å². The molecule has 92 valence electrons. The van der Waals surface area contributed by atoms with E-state index in [1.165, 1.54) is 0 Å². The quantitative estimate of drug-likeness (QED) is 0.677. The van der Waals surface area contributed by atoms with Crippen LogP contribution in [0.4, 0.5) is 0 Å². The van der Waals surface area contributed by atoms with Crippen molar-refractivity contribution in [3.8, 4) is 11.5 Å². The predicted octanol–water partition coefficient (Wildman–Crippen LogP) is 3.35. The van der Waals surface area contributed by atoms with Crippen LogP contribution in [0.25, 0.3) is 0 Å². The molecule has 1 aliphatic heterocycles. The Morgan fingerprint density at radius 1 is 0.889 bits per heavy atom. The highest BCUT2D eigenvalue weighted by atomic mass is 31.2. The molecule has 0 fully saturated rings. The van der Waals surface area contributed by atoms with Crippen molar-refractivity contribution >= 4 is 17.8 Å². The van der Waals surface area contributed by atoms with Crippen LogP contribution in [-0.4, -0.2) is 6.66 Å². The van der Waals surface area contributed by atoms with Crippen LogP contribution in [-0.2, 0) is 4.57 Å². The summed E-state index contributed by atoms with van der Waals surface area (Å²) in [6.45, 7) is 5.84. The second-order valence-electron chi connectivity index (χ2n) is 4.97. The normalized spacial score (nSPS) is 15.5. The van der Waals surface area contributed by atoms with Crippen molar-refractivity contribution in [2.75, 3.05) is 6.66 Å². The molecule has 0 bridgehead atoms. The molecule has 3 rings (SSSR count). The maximum atomic E-state index is 13.1. The Labute approximate surface area is 107 Å². The summed E-state index contributed by atoms with van der Waals surface area (Å²) in [5.74, 6) is 1.45. The average molecular weight is 258 g/mol. The Morgan fingerprint density at radius 3 is 1.78 bits per heavy atom. The van der Waals surface area contributed by atoms with Crippen LogP contribution in [0.5, 0.6) is 11.5 Å². The van der Waals surface area contributed by atoms with Crippen LogP contribution in [0.1, 0.15) is 11.1 Å². The molecule has 2 aromatic rings. The summed E-state index contributed by atoms with van der Waals surface area (Å²) >= 11 is 0. The fourth-order valence-electron chi connectivity index (χ4n) is 2.34. The maximum Gasteiger partial charge on any atom is 0.147 e. The molecule has 0 saturated heterocycles. The molecule has 0 amide bonds. The lowest BCUT2D eigenvalue weighted by molar-refractivity contribution is 0.485. The molecule has 0 N–H and O–H groups in total. The van der Waals surface area contributed by atoms with Crippen LogP contribution in [0.15, 0.2) is 36.4 Å². The van der Waals surface area contributed by atoms with Crippen molar-refractivity contribution in [1.82, 2.24) is 0 Å². The molecule has 0 unspecified atom stereocenters. The fraction of sp³-hybridized carbons (Fsp3) is 0.200. The van der Waals surface area contributed by atoms with Crippen molar-refractivity contribution < 1.29 is 9.30 Å². The van der Waals surface area contributed by atoms with E-state index in [1.54, 1.807) is 0 Å². The van der Waals surface area contributed by atoms with Crippen molar-refractivity contribution in [3.63, 3.8) is 0 Å². The van der Waals surface area contributed by atoms with Gasteiger partial charge in [-0.2, -0.15) is 0 Å². The first-order valence-electron chi connectivity index (χ1n) is 5.96. The van der Waals surface area contributed by atoms with Gasteiger partial charge in [-0.15, -0.1) is 0 Å². The van der Waals surface area contributed by atoms with E-state index in [0.717, 1.165) is 33.2 Å². The van der Waals surface area contributed by atoms with Crippen LogP contribution >= 0.6 is 7.14 Å². The summed E-state index contributed by atoms with van der Waals surface area (Å²) in [6.07, 6.45) is 0. The van der Waals surface area contributed by atoms with Gasteiger partial charge < -0.3 is 9.30 Å². The number of rotatable bonds is 0. The second kappa shape index (κ2) is 3.73. The largest absolute Gasteiger partial charge is 0.456 e. The first-order chi connectivity index (χ1) is 8.48. The zero-order valence-electron chi connectivity index (χ0n) is 10.7. The molecule has 0 spiro atoms. The number of fused-ring (bicyclic) bond motifs is 2. The van der Waals surface area contributed by atoms with E-state index in [0.29, 0.717) is 0 Å². The highest BCUT2D eigenvalue weighted by molar-refractivity contribution is 7.78. The minimum atomic E-state index is -2.55. The third kappa shape index (κ3) is 1.60. The summed E-state index contributed by atoms with van der Waals surface area (Å²) in [5, 5.41) is 1.67. The summed E-state index contributed by atoms with van der Waals surface area (Å²) < 4.78 is 19.0. The number of ether oxygens (including phenoxy) is 1. The zero-order valence-corrected chi connectivity index (χ0v) is 11.6. The van der Waals surface area contributed by atoms with Crippen molar-refractivity contribution in [2.45, 2.75) is 13.8 Å². The van der Waals surface area contributed by atoms with Gasteiger partial charge in [-0.05, 0) is 44.8 Å². The SMILES string of the molecule is Cc1ccc2c(c1)P(C)(=O)c1cc(C)ccc1O2. The molecular formula is C15H15O2P. The van der Waals surface area contributed by atoms with E-state index in [2.05, 4.69) is 0 Å². The van der Waals surface area contributed by atoms with Crippen LogP contribution in [0.3, 0.4) is 0 Å². The van der Waals surface area contributed by atoms with Crippen molar-refractivity contribution in [1.29, 1.82) is 0 Å². The Balaban J connectivity index is 2.30. The maximum absolute atomic E-state index is 13.1. The third-order valence-corrected chi connectivity index (χ3v) is 5.91. The standard InChI is InChI=1S/C15H15O2P/c1-10-4-6-12-14(8-10)18(3,16)15-9-11(2)5-7-13(15)17-12/h4-9H,1-3H3. The predicted molar refractivity (Wildman–Crippen MR) is 75.2 cm³/mol. The summed E-state index contributed by atoms with van der Waals surface area (Å²) in [7, 11) is -2.55. The van der Waals surface area contributed by atoms with Gasteiger partial charge in [0.15, 0.2) is 0 Å². The van der Waals surface area contributed by atoms with Crippen LogP contribution in [0, 0.1) is 13.8 Å². The average Bonchev–Trinajstić information content (AvgIpc) is 2.32. The van der Waals surface area contributed by atoms with Gasteiger partial charge in [0, 0.05) is 0 Å². The molecule has 0 radical (unpaired) electrons. The lowest BCUT2D eigenvalue weighted by Crippen LogP contribution is -2.24. The number of hydrogen-bond donors (Lipinski definition) is 0. The molecule has 3 heteroatoms. The minimum Gasteiger partial charge on any atom is -0.456 e. The molecule has 18 heavy (non-hydrogen) atoms. The smallest absolute Gasteiger partial charge is 0.147 e. The van der Waals surface area contributed by atoms with Gasteiger partial charge in [-0.1, -0.05) is 23.3 Å². The third-order valence-electron chi connectivity index (χ3n) is 3.37. The molecule has 0 atom stereocenters. The van der Waals surface area contributed by atoms with E-state index in [9.17, 15) is 4.57 Å². The van der Waals surface area contributed by atoms with E-state index >= 15 is 0 Å². The summed E-state index contributed by atoms with van der Waals surface area (Å²) in [5.41, 5.74) is 2.21. The van der Waals surface area contributed by atoms with Gasteiger partial charge in [0.2, 0.25) is 0 Å². The van der Waals surface area contributed by atoms with Crippen LogP contribution < -0.4 is 15.3 Å². The van der Waals surface area contributed by atoms with Gasteiger partial charge >= 0.3 is 0 Å². The molecule has 2 nitrogen and oxygen atoms in total. The Kier molecular flexibility index (Phi) is 2.39. The molecule has 1 heterocycles. The van der Waals surface area contributed by atoms with E-state index in [1.807, 2.05) is 56.9 Å². The molecule has 0 aliphatic carbocycles. The van der Waals surface area contributed by atoms with Gasteiger partial charge in [-0.25, -0.2) is 0 Å². The number of benzene rings is 2.